The largest absolute Gasteiger partial charge is 0.344 e. The van der Waals surface area contributed by atoms with Crippen LogP contribution in [0.5, 0.6) is 0 Å². The lowest BCUT2D eigenvalue weighted by atomic mass is 9.90. The number of rotatable bonds is 1. The number of amides is 2. The molecule has 2 atom stereocenters. The molecule has 21 heavy (non-hydrogen) atoms. The van der Waals surface area contributed by atoms with E-state index in [0.717, 1.165) is 18.7 Å². The number of hydrogen-bond donors (Lipinski definition) is 1. The first kappa shape index (κ1) is 14.1. The van der Waals surface area contributed by atoms with Gasteiger partial charge in [0.25, 0.3) is 0 Å². The second-order valence-electron chi connectivity index (χ2n) is 6.48. The maximum atomic E-state index is 12.8. The number of nitrogens with zero attached hydrogens (tertiary/aromatic N) is 1. The molecule has 0 radical (unpaired) electrons. The fourth-order valence-corrected chi connectivity index (χ4v) is 3.32. The molecule has 2 heterocycles. The lowest BCUT2D eigenvalue weighted by Crippen LogP contribution is -2.48. The molecular weight excluding hydrogens is 264 g/mol. The van der Waals surface area contributed by atoms with Crippen molar-refractivity contribution in [3.05, 3.63) is 28.8 Å². The van der Waals surface area contributed by atoms with Crippen molar-refractivity contribution in [2.24, 2.45) is 5.92 Å². The third-order valence-electron chi connectivity index (χ3n) is 4.61. The van der Waals surface area contributed by atoms with Gasteiger partial charge in [-0.15, -0.1) is 0 Å². The van der Waals surface area contributed by atoms with Gasteiger partial charge >= 0.3 is 0 Å². The molecule has 112 valence electrons. The van der Waals surface area contributed by atoms with Gasteiger partial charge in [-0.2, -0.15) is 0 Å². The number of hydrogen-bond acceptors (Lipinski definition) is 2. The Kier molecular flexibility index (Phi) is 3.47. The number of anilines is 1. The van der Waals surface area contributed by atoms with Crippen LogP contribution in [0.3, 0.4) is 0 Å². The van der Waals surface area contributed by atoms with Crippen molar-refractivity contribution in [2.45, 2.75) is 46.1 Å². The van der Waals surface area contributed by atoms with Gasteiger partial charge in [-0.3, -0.25) is 9.59 Å². The highest BCUT2D eigenvalue weighted by molar-refractivity contribution is 6.01. The van der Waals surface area contributed by atoms with Crippen molar-refractivity contribution in [3.8, 4) is 0 Å². The molecule has 4 heteroatoms. The average molecular weight is 286 g/mol. The molecule has 0 bridgehead atoms. The molecule has 1 N–H and O–H groups in total. The van der Waals surface area contributed by atoms with Crippen LogP contribution in [0.2, 0.25) is 0 Å². The fourth-order valence-electron chi connectivity index (χ4n) is 3.32. The Balaban J connectivity index is 1.95. The highest BCUT2D eigenvalue weighted by Crippen LogP contribution is 2.33. The van der Waals surface area contributed by atoms with E-state index in [1.807, 2.05) is 4.90 Å². The molecule has 3 rings (SSSR count). The minimum atomic E-state index is -0.350. The van der Waals surface area contributed by atoms with E-state index in [1.165, 1.54) is 16.7 Å². The summed E-state index contributed by atoms with van der Waals surface area (Å²) in [6.07, 6.45) is 2.08. The number of carbonyl (C=O) groups is 2. The number of benzene rings is 1. The Labute approximate surface area is 125 Å². The summed E-state index contributed by atoms with van der Waals surface area (Å²) in [4.78, 5) is 26.0. The minimum absolute atomic E-state index is 0.0151. The monoisotopic (exact) mass is 286 g/mol. The molecular formula is C17H22N2O2. The molecule has 2 amide bonds. The summed E-state index contributed by atoms with van der Waals surface area (Å²) in [6.45, 7) is 7.10. The van der Waals surface area contributed by atoms with Gasteiger partial charge in [0.05, 0.1) is 0 Å². The van der Waals surface area contributed by atoms with E-state index in [0.29, 0.717) is 18.8 Å². The Morgan fingerprint density at radius 2 is 2.00 bits per heavy atom. The summed E-state index contributed by atoms with van der Waals surface area (Å²) in [5, 5.41) is 2.79. The Hall–Kier alpha value is -1.84. The summed E-state index contributed by atoms with van der Waals surface area (Å²) < 4.78 is 0. The van der Waals surface area contributed by atoms with Gasteiger partial charge in [0.1, 0.15) is 6.04 Å². The lowest BCUT2D eigenvalue weighted by molar-refractivity contribution is -0.124. The van der Waals surface area contributed by atoms with E-state index in [-0.39, 0.29) is 17.9 Å². The molecule has 0 aliphatic carbocycles. The first-order chi connectivity index (χ1) is 9.95. The zero-order chi connectivity index (χ0) is 15.1. The summed E-state index contributed by atoms with van der Waals surface area (Å²) >= 11 is 0. The van der Waals surface area contributed by atoms with Crippen molar-refractivity contribution in [2.75, 3.05) is 11.4 Å². The van der Waals surface area contributed by atoms with Crippen LogP contribution in [-0.4, -0.2) is 24.4 Å². The van der Waals surface area contributed by atoms with Gasteiger partial charge in [-0.1, -0.05) is 13.0 Å². The maximum Gasteiger partial charge on any atom is 0.249 e. The van der Waals surface area contributed by atoms with Crippen LogP contribution >= 0.6 is 0 Å². The molecule has 1 aromatic rings. The first-order valence-corrected chi connectivity index (χ1v) is 7.66. The quantitative estimate of drug-likeness (QED) is 0.859. The van der Waals surface area contributed by atoms with Crippen molar-refractivity contribution in [1.82, 2.24) is 5.32 Å². The molecule has 2 aliphatic heterocycles. The second kappa shape index (κ2) is 5.17. The van der Waals surface area contributed by atoms with Crippen LogP contribution in [-0.2, 0) is 16.0 Å². The standard InChI is InChI=1S/C17H22N2O2/c1-10-6-13-7-11(2)12(3)8-15(13)19(9-10)17(21)14-4-5-16(20)18-14/h7-8,10,14H,4-6,9H2,1-3H3,(H,18,20). The number of fused-ring (bicyclic) bond motifs is 1. The molecule has 4 nitrogen and oxygen atoms in total. The zero-order valence-corrected chi connectivity index (χ0v) is 12.9. The highest BCUT2D eigenvalue weighted by atomic mass is 16.2. The molecule has 0 aromatic heterocycles. The highest BCUT2D eigenvalue weighted by Gasteiger charge is 2.34. The smallest absolute Gasteiger partial charge is 0.249 e. The van der Waals surface area contributed by atoms with Crippen LogP contribution < -0.4 is 10.2 Å². The zero-order valence-electron chi connectivity index (χ0n) is 12.9. The molecule has 1 fully saturated rings. The third-order valence-corrected chi connectivity index (χ3v) is 4.61. The van der Waals surface area contributed by atoms with Crippen molar-refractivity contribution < 1.29 is 9.59 Å². The van der Waals surface area contributed by atoms with Gasteiger partial charge in [-0.05, 0) is 55.4 Å². The summed E-state index contributed by atoms with van der Waals surface area (Å²) in [6, 6.07) is 3.97. The Morgan fingerprint density at radius 3 is 2.67 bits per heavy atom. The fraction of sp³-hybridized carbons (Fsp3) is 0.529. The van der Waals surface area contributed by atoms with Gasteiger partial charge in [-0.25, -0.2) is 0 Å². The van der Waals surface area contributed by atoms with Crippen LogP contribution in [0.15, 0.2) is 12.1 Å². The topological polar surface area (TPSA) is 49.4 Å². The summed E-state index contributed by atoms with van der Waals surface area (Å²) in [5.74, 6) is 0.469. The Morgan fingerprint density at radius 1 is 1.29 bits per heavy atom. The van der Waals surface area contributed by atoms with Crippen LogP contribution in [0.25, 0.3) is 0 Å². The molecule has 1 saturated heterocycles. The van der Waals surface area contributed by atoms with Gasteiger partial charge < -0.3 is 10.2 Å². The molecule has 2 unspecified atom stereocenters. The predicted molar refractivity (Wildman–Crippen MR) is 82.3 cm³/mol. The van der Waals surface area contributed by atoms with E-state index in [2.05, 4.69) is 38.2 Å². The maximum absolute atomic E-state index is 12.8. The number of nitrogens with one attached hydrogen (secondary N) is 1. The SMILES string of the molecule is Cc1cc2c(cc1C)N(C(=O)C1CCC(=O)N1)CC(C)C2. The van der Waals surface area contributed by atoms with Gasteiger partial charge in [0, 0.05) is 18.7 Å². The Bertz CT molecular complexity index is 609. The van der Waals surface area contributed by atoms with Crippen LogP contribution in [0.1, 0.15) is 36.5 Å². The first-order valence-electron chi connectivity index (χ1n) is 7.66. The summed E-state index contributed by atoms with van der Waals surface area (Å²) in [7, 11) is 0. The van der Waals surface area contributed by atoms with Crippen molar-refractivity contribution in [3.63, 3.8) is 0 Å². The predicted octanol–water partition coefficient (Wildman–Crippen LogP) is 2.11. The molecule has 2 aliphatic rings. The second-order valence-corrected chi connectivity index (χ2v) is 6.48. The summed E-state index contributed by atoms with van der Waals surface area (Å²) in [5.41, 5.74) is 4.75. The normalized spacial score (nSPS) is 24.7. The average Bonchev–Trinajstić information content (AvgIpc) is 2.86. The van der Waals surface area contributed by atoms with Gasteiger partial charge in [0.15, 0.2) is 0 Å². The van der Waals surface area contributed by atoms with Crippen molar-refractivity contribution in [1.29, 1.82) is 0 Å². The van der Waals surface area contributed by atoms with E-state index in [9.17, 15) is 9.59 Å². The third kappa shape index (κ3) is 2.55. The number of aryl methyl sites for hydroxylation is 2. The van der Waals surface area contributed by atoms with E-state index >= 15 is 0 Å². The van der Waals surface area contributed by atoms with E-state index in [4.69, 9.17) is 0 Å². The molecule has 0 spiro atoms. The van der Waals surface area contributed by atoms with Crippen LogP contribution in [0.4, 0.5) is 5.69 Å². The lowest BCUT2D eigenvalue weighted by Gasteiger charge is -2.35. The van der Waals surface area contributed by atoms with Crippen molar-refractivity contribution >= 4 is 17.5 Å². The molecule has 0 saturated carbocycles. The molecule has 1 aromatic carbocycles. The number of carbonyl (C=O) groups excluding carboxylic acids is 2. The van der Waals surface area contributed by atoms with E-state index < -0.39 is 0 Å². The van der Waals surface area contributed by atoms with E-state index in [1.54, 1.807) is 0 Å². The van der Waals surface area contributed by atoms with Gasteiger partial charge in [0.2, 0.25) is 11.8 Å². The van der Waals surface area contributed by atoms with Crippen LogP contribution in [0, 0.1) is 19.8 Å². The minimum Gasteiger partial charge on any atom is -0.344 e.